The molecule has 1 aliphatic rings. The molecule has 0 saturated heterocycles. The summed E-state index contributed by atoms with van der Waals surface area (Å²) in [4.78, 5) is 16.2. The first-order valence-corrected chi connectivity index (χ1v) is 7.89. The molecule has 5 nitrogen and oxygen atoms in total. The normalized spacial score (nSPS) is 16.0. The fourth-order valence-corrected chi connectivity index (χ4v) is 2.79. The van der Waals surface area contributed by atoms with E-state index in [0.29, 0.717) is 17.5 Å². The highest BCUT2D eigenvalue weighted by Crippen LogP contribution is 2.21. The van der Waals surface area contributed by atoms with Gasteiger partial charge in [0.2, 0.25) is 0 Å². The Hall–Kier alpha value is -2.30. The summed E-state index contributed by atoms with van der Waals surface area (Å²) in [6, 6.07) is 7.59. The zero-order valence-electron chi connectivity index (χ0n) is 12.5. The first kappa shape index (κ1) is 14.6. The molecule has 0 radical (unpaired) electrons. The minimum Gasteiger partial charge on any atom is -0.459 e. The number of carbonyl (C=O) groups excluding carboxylic acids is 1. The van der Waals surface area contributed by atoms with Gasteiger partial charge in [-0.1, -0.05) is 25.7 Å². The highest BCUT2D eigenvalue weighted by atomic mass is 16.3. The maximum absolute atomic E-state index is 11.9. The summed E-state index contributed by atoms with van der Waals surface area (Å²) in [6.07, 6.45) is 10.8. The lowest BCUT2D eigenvalue weighted by Crippen LogP contribution is -2.19. The second-order valence-corrected chi connectivity index (χ2v) is 5.70. The van der Waals surface area contributed by atoms with Crippen molar-refractivity contribution in [3.8, 4) is 0 Å². The zero-order chi connectivity index (χ0) is 15.2. The Morgan fingerprint density at radius 2 is 1.95 bits per heavy atom. The molecule has 1 saturated carbocycles. The molecule has 0 unspecified atom stereocenters. The Morgan fingerprint density at radius 3 is 2.59 bits per heavy atom. The molecule has 22 heavy (non-hydrogen) atoms. The van der Waals surface area contributed by atoms with Crippen LogP contribution in [-0.4, -0.2) is 16.9 Å². The summed E-state index contributed by atoms with van der Waals surface area (Å²) in [6.45, 7) is 0. The van der Waals surface area contributed by atoms with Crippen LogP contribution in [0, 0.1) is 0 Å². The van der Waals surface area contributed by atoms with Crippen LogP contribution in [0.2, 0.25) is 0 Å². The monoisotopic (exact) mass is 299 g/mol. The van der Waals surface area contributed by atoms with E-state index in [1.54, 1.807) is 18.3 Å². The van der Waals surface area contributed by atoms with Gasteiger partial charge in [-0.25, -0.2) is 4.98 Å². The third kappa shape index (κ3) is 3.87. The number of amides is 1. The van der Waals surface area contributed by atoms with Gasteiger partial charge in [0.15, 0.2) is 5.76 Å². The molecule has 0 atom stereocenters. The summed E-state index contributed by atoms with van der Waals surface area (Å²) < 4.78 is 5.06. The molecule has 0 spiro atoms. The number of anilines is 2. The fraction of sp³-hybridized carbons (Fsp3) is 0.412. The summed E-state index contributed by atoms with van der Waals surface area (Å²) in [5.41, 5.74) is 0.660. The molecule has 1 amide bonds. The molecule has 116 valence electrons. The second kappa shape index (κ2) is 7.11. The number of rotatable bonds is 4. The van der Waals surface area contributed by atoms with Crippen LogP contribution in [0.15, 0.2) is 41.1 Å². The van der Waals surface area contributed by atoms with E-state index in [1.165, 1.54) is 44.8 Å². The Balaban J connectivity index is 1.56. The molecule has 0 bridgehead atoms. The Labute approximate surface area is 130 Å². The summed E-state index contributed by atoms with van der Waals surface area (Å²) in [5, 5.41) is 6.25. The van der Waals surface area contributed by atoms with Crippen molar-refractivity contribution in [2.45, 2.75) is 44.6 Å². The predicted molar refractivity (Wildman–Crippen MR) is 86.0 cm³/mol. The van der Waals surface area contributed by atoms with Crippen LogP contribution < -0.4 is 10.6 Å². The van der Waals surface area contributed by atoms with E-state index in [1.807, 2.05) is 12.1 Å². The highest BCUT2D eigenvalue weighted by molar-refractivity contribution is 6.02. The van der Waals surface area contributed by atoms with Crippen LogP contribution in [0.25, 0.3) is 0 Å². The molecule has 2 aromatic heterocycles. The average Bonchev–Trinajstić information content (AvgIpc) is 2.95. The van der Waals surface area contributed by atoms with Gasteiger partial charge >= 0.3 is 0 Å². The van der Waals surface area contributed by atoms with E-state index in [4.69, 9.17) is 4.42 Å². The number of nitrogens with zero attached hydrogens (tertiary/aromatic N) is 1. The Morgan fingerprint density at radius 1 is 1.14 bits per heavy atom. The van der Waals surface area contributed by atoms with E-state index < -0.39 is 0 Å². The minimum atomic E-state index is -0.267. The van der Waals surface area contributed by atoms with E-state index in [2.05, 4.69) is 15.6 Å². The summed E-state index contributed by atoms with van der Waals surface area (Å²) in [7, 11) is 0. The zero-order valence-corrected chi connectivity index (χ0v) is 12.5. The average molecular weight is 299 g/mol. The van der Waals surface area contributed by atoms with Gasteiger partial charge < -0.3 is 15.1 Å². The first-order chi connectivity index (χ1) is 10.8. The van der Waals surface area contributed by atoms with Gasteiger partial charge in [-0.2, -0.15) is 0 Å². The van der Waals surface area contributed by atoms with E-state index in [0.717, 1.165) is 5.82 Å². The van der Waals surface area contributed by atoms with Crippen LogP contribution >= 0.6 is 0 Å². The maximum Gasteiger partial charge on any atom is 0.291 e. The lowest BCUT2D eigenvalue weighted by molar-refractivity contribution is 0.0996. The number of hydrogen-bond acceptors (Lipinski definition) is 4. The van der Waals surface area contributed by atoms with Crippen LogP contribution in [0.4, 0.5) is 11.5 Å². The number of pyridine rings is 1. The van der Waals surface area contributed by atoms with Crippen molar-refractivity contribution >= 4 is 17.4 Å². The standard InChI is InChI=1S/C17H21N3O2/c21-17(15-8-5-11-22-15)20-14-9-10-16(18-12-14)19-13-6-3-1-2-4-7-13/h5,8-13H,1-4,6-7H2,(H,18,19)(H,20,21). The lowest BCUT2D eigenvalue weighted by atomic mass is 10.1. The molecule has 0 aromatic carbocycles. The molecular formula is C17H21N3O2. The van der Waals surface area contributed by atoms with Crippen molar-refractivity contribution in [1.82, 2.24) is 4.98 Å². The van der Waals surface area contributed by atoms with Crippen LogP contribution in [0.5, 0.6) is 0 Å². The third-order valence-electron chi connectivity index (χ3n) is 3.97. The predicted octanol–water partition coefficient (Wildman–Crippen LogP) is 4.06. The third-order valence-corrected chi connectivity index (χ3v) is 3.97. The van der Waals surface area contributed by atoms with Gasteiger partial charge in [-0.05, 0) is 37.1 Å². The molecule has 2 N–H and O–H groups in total. The number of nitrogens with one attached hydrogen (secondary N) is 2. The van der Waals surface area contributed by atoms with Crippen LogP contribution in [0.1, 0.15) is 49.1 Å². The highest BCUT2D eigenvalue weighted by Gasteiger charge is 2.13. The molecule has 3 rings (SSSR count). The van der Waals surface area contributed by atoms with Gasteiger partial charge in [0.25, 0.3) is 5.91 Å². The SMILES string of the molecule is O=C(Nc1ccc(NC2CCCCCC2)nc1)c1ccco1. The van der Waals surface area contributed by atoms with Crippen molar-refractivity contribution in [3.63, 3.8) is 0 Å². The molecule has 1 fully saturated rings. The number of hydrogen-bond donors (Lipinski definition) is 2. The van der Waals surface area contributed by atoms with Gasteiger partial charge in [0.1, 0.15) is 5.82 Å². The topological polar surface area (TPSA) is 67.2 Å². The summed E-state index contributed by atoms with van der Waals surface area (Å²) in [5.74, 6) is 0.889. The van der Waals surface area contributed by atoms with Crippen molar-refractivity contribution in [2.75, 3.05) is 10.6 Å². The maximum atomic E-state index is 11.9. The quantitative estimate of drug-likeness (QED) is 0.835. The number of carbonyl (C=O) groups is 1. The van der Waals surface area contributed by atoms with Crippen molar-refractivity contribution in [1.29, 1.82) is 0 Å². The Bertz CT molecular complexity index is 585. The minimum absolute atomic E-state index is 0.267. The molecule has 1 aliphatic carbocycles. The molecule has 2 aromatic rings. The van der Waals surface area contributed by atoms with Gasteiger partial charge in [-0.3, -0.25) is 4.79 Å². The van der Waals surface area contributed by atoms with E-state index in [9.17, 15) is 4.79 Å². The fourth-order valence-electron chi connectivity index (χ4n) is 2.79. The van der Waals surface area contributed by atoms with Gasteiger partial charge in [0, 0.05) is 6.04 Å². The second-order valence-electron chi connectivity index (χ2n) is 5.70. The summed E-state index contributed by atoms with van der Waals surface area (Å²) >= 11 is 0. The first-order valence-electron chi connectivity index (χ1n) is 7.89. The molecule has 5 heteroatoms. The van der Waals surface area contributed by atoms with Crippen LogP contribution in [0.3, 0.4) is 0 Å². The van der Waals surface area contributed by atoms with Crippen molar-refractivity contribution < 1.29 is 9.21 Å². The smallest absolute Gasteiger partial charge is 0.291 e. The molecule has 0 aliphatic heterocycles. The molecule has 2 heterocycles. The van der Waals surface area contributed by atoms with Gasteiger partial charge in [-0.15, -0.1) is 0 Å². The molecular weight excluding hydrogens is 278 g/mol. The van der Waals surface area contributed by atoms with Crippen molar-refractivity contribution in [3.05, 3.63) is 42.5 Å². The van der Waals surface area contributed by atoms with Gasteiger partial charge in [0.05, 0.1) is 18.1 Å². The van der Waals surface area contributed by atoms with E-state index in [-0.39, 0.29) is 5.91 Å². The lowest BCUT2D eigenvalue weighted by Gasteiger charge is -2.16. The van der Waals surface area contributed by atoms with E-state index >= 15 is 0 Å². The van der Waals surface area contributed by atoms with Crippen LogP contribution in [-0.2, 0) is 0 Å². The number of aromatic nitrogens is 1. The van der Waals surface area contributed by atoms with Crippen molar-refractivity contribution in [2.24, 2.45) is 0 Å². The largest absolute Gasteiger partial charge is 0.459 e. The number of furan rings is 1. The Kier molecular flexibility index (Phi) is 4.73.